The highest BCUT2D eigenvalue weighted by atomic mass is 79.9. The Bertz CT molecular complexity index is 619. The molecule has 0 aliphatic carbocycles. The third-order valence-corrected chi connectivity index (χ3v) is 3.75. The van der Waals surface area contributed by atoms with Gasteiger partial charge < -0.3 is 9.84 Å². The molecular weight excluding hydrogens is 347 g/mol. The third-order valence-electron chi connectivity index (χ3n) is 2.83. The maximum absolute atomic E-state index is 13.8. The Morgan fingerprint density at radius 3 is 2.65 bits per heavy atom. The van der Waals surface area contributed by atoms with Crippen molar-refractivity contribution < 1.29 is 14.2 Å². The van der Waals surface area contributed by atoms with Gasteiger partial charge in [-0.05, 0) is 42.8 Å². The van der Waals surface area contributed by atoms with Crippen molar-refractivity contribution in [3.05, 3.63) is 62.8 Å². The van der Waals surface area contributed by atoms with Crippen molar-refractivity contribution in [1.82, 2.24) is 0 Å². The SMILES string of the molecule is CCOc1ccc(C(O)c2cc(Cl)ccc2F)c(Br)c1. The molecule has 1 atom stereocenters. The molecule has 5 heteroatoms. The van der Waals surface area contributed by atoms with Gasteiger partial charge >= 0.3 is 0 Å². The fraction of sp³-hybridized carbons (Fsp3) is 0.200. The average Bonchev–Trinajstić information content (AvgIpc) is 2.41. The molecule has 2 nitrogen and oxygen atoms in total. The van der Waals surface area contributed by atoms with Crippen LogP contribution in [-0.4, -0.2) is 11.7 Å². The van der Waals surface area contributed by atoms with Crippen LogP contribution in [0.15, 0.2) is 40.9 Å². The zero-order chi connectivity index (χ0) is 14.7. The largest absolute Gasteiger partial charge is 0.494 e. The average molecular weight is 360 g/mol. The number of aliphatic hydroxyl groups is 1. The number of aliphatic hydroxyl groups excluding tert-OH is 1. The Balaban J connectivity index is 2.38. The molecule has 0 spiro atoms. The van der Waals surface area contributed by atoms with Gasteiger partial charge in [0.15, 0.2) is 0 Å². The quantitative estimate of drug-likeness (QED) is 0.856. The maximum atomic E-state index is 13.8. The first kappa shape index (κ1) is 15.3. The molecule has 0 saturated heterocycles. The van der Waals surface area contributed by atoms with Crippen LogP contribution in [0.2, 0.25) is 5.02 Å². The van der Waals surface area contributed by atoms with Crippen LogP contribution in [-0.2, 0) is 0 Å². The van der Waals surface area contributed by atoms with Crippen LogP contribution in [0, 0.1) is 5.82 Å². The third kappa shape index (κ3) is 3.32. The van der Waals surface area contributed by atoms with Gasteiger partial charge in [-0.2, -0.15) is 0 Å². The van der Waals surface area contributed by atoms with Crippen molar-refractivity contribution >= 4 is 27.5 Å². The molecular formula is C15H13BrClFO2. The van der Waals surface area contributed by atoms with Gasteiger partial charge in [0.05, 0.1) is 6.61 Å². The van der Waals surface area contributed by atoms with Gasteiger partial charge in [0, 0.05) is 15.1 Å². The Morgan fingerprint density at radius 1 is 1.25 bits per heavy atom. The molecule has 0 fully saturated rings. The molecule has 2 rings (SSSR count). The van der Waals surface area contributed by atoms with Crippen LogP contribution in [0.4, 0.5) is 4.39 Å². The summed E-state index contributed by atoms with van der Waals surface area (Å²) >= 11 is 9.21. The molecule has 0 saturated carbocycles. The first-order chi connectivity index (χ1) is 9.52. The highest BCUT2D eigenvalue weighted by Gasteiger charge is 2.18. The summed E-state index contributed by atoms with van der Waals surface area (Å²) in [7, 11) is 0. The molecule has 0 aromatic heterocycles. The summed E-state index contributed by atoms with van der Waals surface area (Å²) in [5, 5.41) is 10.7. The lowest BCUT2D eigenvalue weighted by Gasteiger charge is -2.15. The Labute approximate surface area is 130 Å². The standard InChI is InChI=1S/C15H13BrClFO2/c1-2-20-10-4-5-11(13(16)8-10)15(19)12-7-9(17)3-6-14(12)18/h3-8,15,19H,2H2,1H3. The van der Waals surface area contributed by atoms with Crippen LogP contribution < -0.4 is 4.74 Å². The minimum Gasteiger partial charge on any atom is -0.494 e. The number of hydrogen-bond acceptors (Lipinski definition) is 2. The number of ether oxygens (including phenoxy) is 1. The fourth-order valence-corrected chi connectivity index (χ4v) is 2.63. The Hall–Kier alpha value is -1.10. The molecule has 106 valence electrons. The Kier molecular flexibility index (Phi) is 5.02. The molecule has 0 radical (unpaired) electrons. The molecule has 0 amide bonds. The van der Waals surface area contributed by atoms with E-state index in [1.165, 1.54) is 18.2 Å². The highest BCUT2D eigenvalue weighted by molar-refractivity contribution is 9.10. The number of benzene rings is 2. The van der Waals surface area contributed by atoms with E-state index in [-0.39, 0.29) is 5.56 Å². The van der Waals surface area contributed by atoms with Crippen LogP contribution in [0.3, 0.4) is 0 Å². The number of halogens is 3. The summed E-state index contributed by atoms with van der Waals surface area (Å²) in [5.74, 6) is 0.185. The van der Waals surface area contributed by atoms with Gasteiger partial charge in [0.2, 0.25) is 0 Å². The molecule has 0 heterocycles. The second kappa shape index (κ2) is 6.57. The normalized spacial score (nSPS) is 12.2. The fourth-order valence-electron chi connectivity index (χ4n) is 1.88. The summed E-state index contributed by atoms with van der Waals surface area (Å²) in [6.45, 7) is 2.44. The molecule has 20 heavy (non-hydrogen) atoms. The van der Waals surface area contributed by atoms with E-state index in [1.807, 2.05) is 6.92 Å². The van der Waals surface area contributed by atoms with E-state index >= 15 is 0 Å². The van der Waals surface area contributed by atoms with E-state index in [1.54, 1.807) is 18.2 Å². The van der Waals surface area contributed by atoms with E-state index < -0.39 is 11.9 Å². The van der Waals surface area contributed by atoms with Crippen molar-refractivity contribution in [2.75, 3.05) is 6.61 Å². The molecule has 0 aliphatic heterocycles. The van der Waals surface area contributed by atoms with Gasteiger partial charge in [0.25, 0.3) is 0 Å². The second-order valence-electron chi connectivity index (χ2n) is 4.18. The molecule has 0 aliphatic rings. The minimum atomic E-state index is -1.10. The Morgan fingerprint density at radius 2 is 2.00 bits per heavy atom. The summed E-state index contributed by atoms with van der Waals surface area (Å²) in [5.41, 5.74) is 0.692. The smallest absolute Gasteiger partial charge is 0.129 e. The van der Waals surface area contributed by atoms with Crippen molar-refractivity contribution in [3.63, 3.8) is 0 Å². The van der Waals surface area contributed by atoms with E-state index in [0.717, 1.165) is 0 Å². The lowest BCUT2D eigenvalue weighted by molar-refractivity contribution is 0.214. The van der Waals surface area contributed by atoms with E-state index in [4.69, 9.17) is 16.3 Å². The van der Waals surface area contributed by atoms with Gasteiger partial charge in [0.1, 0.15) is 17.7 Å². The van der Waals surface area contributed by atoms with E-state index in [2.05, 4.69) is 15.9 Å². The second-order valence-corrected chi connectivity index (χ2v) is 5.48. The summed E-state index contributed by atoms with van der Waals surface area (Å²) < 4.78 is 19.8. The number of hydrogen-bond donors (Lipinski definition) is 1. The van der Waals surface area contributed by atoms with Crippen LogP contribution in [0.25, 0.3) is 0 Å². The number of rotatable bonds is 4. The highest BCUT2D eigenvalue weighted by Crippen LogP contribution is 2.33. The zero-order valence-corrected chi connectivity index (χ0v) is 13.1. The summed E-state index contributed by atoms with van der Waals surface area (Å²) in [4.78, 5) is 0. The van der Waals surface area contributed by atoms with Gasteiger partial charge in [-0.25, -0.2) is 4.39 Å². The van der Waals surface area contributed by atoms with Gasteiger partial charge in [-0.15, -0.1) is 0 Å². The van der Waals surface area contributed by atoms with Crippen molar-refractivity contribution in [1.29, 1.82) is 0 Å². The van der Waals surface area contributed by atoms with Crippen molar-refractivity contribution in [3.8, 4) is 5.75 Å². The van der Waals surface area contributed by atoms with E-state index in [9.17, 15) is 9.50 Å². The van der Waals surface area contributed by atoms with Crippen molar-refractivity contribution in [2.45, 2.75) is 13.0 Å². The first-order valence-corrected chi connectivity index (χ1v) is 7.25. The van der Waals surface area contributed by atoms with Gasteiger partial charge in [-0.3, -0.25) is 0 Å². The lowest BCUT2D eigenvalue weighted by atomic mass is 10.0. The van der Waals surface area contributed by atoms with Crippen LogP contribution in [0.1, 0.15) is 24.2 Å². The summed E-state index contributed by atoms with van der Waals surface area (Å²) in [6, 6.07) is 9.27. The molecule has 0 bridgehead atoms. The van der Waals surface area contributed by atoms with Crippen LogP contribution in [0.5, 0.6) is 5.75 Å². The summed E-state index contributed by atoms with van der Waals surface area (Å²) in [6.07, 6.45) is -1.10. The zero-order valence-electron chi connectivity index (χ0n) is 10.7. The first-order valence-electron chi connectivity index (χ1n) is 6.08. The molecule has 2 aromatic carbocycles. The monoisotopic (exact) mass is 358 g/mol. The predicted molar refractivity (Wildman–Crippen MR) is 80.8 cm³/mol. The minimum absolute atomic E-state index is 0.141. The van der Waals surface area contributed by atoms with Crippen LogP contribution >= 0.6 is 27.5 Å². The molecule has 2 aromatic rings. The van der Waals surface area contributed by atoms with Gasteiger partial charge in [-0.1, -0.05) is 33.6 Å². The maximum Gasteiger partial charge on any atom is 0.129 e. The topological polar surface area (TPSA) is 29.5 Å². The molecule has 1 N–H and O–H groups in total. The predicted octanol–water partition coefficient (Wildman–Crippen LogP) is 4.72. The van der Waals surface area contributed by atoms with Crippen molar-refractivity contribution in [2.24, 2.45) is 0 Å². The van der Waals surface area contributed by atoms with E-state index in [0.29, 0.717) is 27.4 Å². The molecule has 1 unspecified atom stereocenters. The lowest BCUT2D eigenvalue weighted by Crippen LogP contribution is -2.04.